The van der Waals surface area contributed by atoms with Crippen LogP contribution in [0, 0.1) is 0 Å². The highest BCUT2D eigenvalue weighted by Gasteiger charge is 2.32. The number of para-hydroxylation sites is 2. The third kappa shape index (κ3) is 3.38. The Balaban J connectivity index is 1.64. The van der Waals surface area contributed by atoms with E-state index in [-0.39, 0.29) is 19.0 Å². The SMILES string of the molecule is CSCc1nc2ccccc2n1CC(=O)N1Cc2ccccc2C(C(=O)O)C1. The molecule has 0 aliphatic carbocycles. The summed E-state index contributed by atoms with van der Waals surface area (Å²) in [5, 5.41) is 9.64. The standard InChI is InChI=1S/C21H21N3O3S/c1-28-13-19-22-17-8-4-5-9-18(17)24(19)12-20(25)23-10-14-6-2-3-7-15(14)16(11-23)21(26)27/h2-9,16H,10-13H2,1H3,(H,26,27). The van der Waals surface area contributed by atoms with Gasteiger partial charge in [-0.3, -0.25) is 9.59 Å². The molecule has 1 unspecified atom stereocenters. The number of aromatic nitrogens is 2. The zero-order valence-electron chi connectivity index (χ0n) is 15.5. The second-order valence-corrected chi connectivity index (χ2v) is 7.77. The Labute approximate surface area is 167 Å². The molecule has 3 aromatic rings. The third-order valence-electron chi connectivity index (χ3n) is 5.15. The summed E-state index contributed by atoms with van der Waals surface area (Å²) >= 11 is 1.66. The molecule has 0 radical (unpaired) electrons. The van der Waals surface area contributed by atoms with E-state index in [9.17, 15) is 14.7 Å². The van der Waals surface area contributed by atoms with Crippen molar-refractivity contribution >= 4 is 34.7 Å². The molecule has 144 valence electrons. The van der Waals surface area contributed by atoms with Gasteiger partial charge in [0.25, 0.3) is 0 Å². The van der Waals surface area contributed by atoms with Crippen molar-refractivity contribution in [3.63, 3.8) is 0 Å². The van der Waals surface area contributed by atoms with Crippen LogP contribution < -0.4 is 0 Å². The number of rotatable bonds is 5. The van der Waals surface area contributed by atoms with E-state index in [0.29, 0.717) is 12.3 Å². The molecule has 0 bridgehead atoms. The average Bonchev–Trinajstić information content (AvgIpc) is 3.04. The van der Waals surface area contributed by atoms with Gasteiger partial charge in [0.2, 0.25) is 5.91 Å². The van der Waals surface area contributed by atoms with Gasteiger partial charge >= 0.3 is 5.97 Å². The number of aliphatic carboxylic acids is 1. The second-order valence-electron chi connectivity index (χ2n) is 6.90. The second kappa shape index (κ2) is 7.67. The zero-order valence-corrected chi connectivity index (χ0v) is 16.4. The van der Waals surface area contributed by atoms with Crippen LogP contribution in [0.5, 0.6) is 0 Å². The summed E-state index contributed by atoms with van der Waals surface area (Å²) in [6.07, 6.45) is 2.00. The van der Waals surface area contributed by atoms with Crippen LogP contribution >= 0.6 is 11.8 Å². The van der Waals surface area contributed by atoms with Crippen LogP contribution in [0.15, 0.2) is 48.5 Å². The van der Waals surface area contributed by atoms with Crippen LogP contribution in [-0.4, -0.2) is 44.2 Å². The van der Waals surface area contributed by atoms with Gasteiger partial charge < -0.3 is 14.6 Å². The topological polar surface area (TPSA) is 75.4 Å². The summed E-state index contributed by atoms with van der Waals surface area (Å²) in [7, 11) is 0. The van der Waals surface area contributed by atoms with Crippen molar-refractivity contribution in [2.45, 2.75) is 24.8 Å². The van der Waals surface area contributed by atoms with E-state index < -0.39 is 11.9 Å². The first kappa shape index (κ1) is 18.6. The van der Waals surface area contributed by atoms with E-state index in [1.807, 2.05) is 59.4 Å². The maximum absolute atomic E-state index is 13.1. The lowest BCUT2D eigenvalue weighted by Crippen LogP contribution is -2.42. The molecule has 28 heavy (non-hydrogen) atoms. The lowest BCUT2D eigenvalue weighted by atomic mass is 9.90. The fraction of sp³-hybridized carbons (Fsp3) is 0.286. The molecular weight excluding hydrogens is 374 g/mol. The molecule has 1 atom stereocenters. The Kier molecular flexibility index (Phi) is 5.09. The highest BCUT2D eigenvalue weighted by Crippen LogP contribution is 2.29. The average molecular weight is 395 g/mol. The van der Waals surface area contributed by atoms with Crippen molar-refractivity contribution < 1.29 is 14.7 Å². The number of carboxylic acid groups (broad SMARTS) is 1. The first-order valence-electron chi connectivity index (χ1n) is 9.10. The van der Waals surface area contributed by atoms with Gasteiger partial charge in [0, 0.05) is 13.1 Å². The van der Waals surface area contributed by atoms with Gasteiger partial charge in [0.15, 0.2) is 0 Å². The molecule has 2 heterocycles. The number of carboxylic acids is 1. The molecule has 6 nitrogen and oxygen atoms in total. The van der Waals surface area contributed by atoms with E-state index >= 15 is 0 Å². The van der Waals surface area contributed by atoms with Crippen LogP contribution in [0.25, 0.3) is 11.0 Å². The van der Waals surface area contributed by atoms with Gasteiger partial charge in [-0.2, -0.15) is 11.8 Å². The van der Waals surface area contributed by atoms with Gasteiger partial charge in [-0.1, -0.05) is 36.4 Å². The van der Waals surface area contributed by atoms with Crippen LogP contribution in [0.4, 0.5) is 0 Å². The summed E-state index contributed by atoms with van der Waals surface area (Å²) in [6, 6.07) is 15.2. The Morgan fingerprint density at radius 1 is 1.18 bits per heavy atom. The van der Waals surface area contributed by atoms with Crippen molar-refractivity contribution in [3.8, 4) is 0 Å². The molecule has 1 aromatic heterocycles. The van der Waals surface area contributed by atoms with Gasteiger partial charge in [-0.25, -0.2) is 4.98 Å². The third-order valence-corrected chi connectivity index (χ3v) is 5.69. The smallest absolute Gasteiger partial charge is 0.312 e. The fourth-order valence-electron chi connectivity index (χ4n) is 3.78. The number of carbonyl (C=O) groups is 2. The van der Waals surface area contributed by atoms with E-state index in [1.165, 1.54) is 0 Å². The maximum Gasteiger partial charge on any atom is 0.312 e. The minimum atomic E-state index is -0.902. The van der Waals surface area contributed by atoms with Gasteiger partial charge in [0.05, 0.1) is 22.7 Å². The Morgan fingerprint density at radius 2 is 1.93 bits per heavy atom. The quantitative estimate of drug-likeness (QED) is 0.718. The summed E-state index contributed by atoms with van der Waals surface area (Å²) in [6.45, 7) is 0.782. The molecule has 0 saturated carbocycles. The highest BCUT2D eigenvalue weighted by atomic mass is 32.2. The van der Waals surface area contributed by atoms with Crippen molar-refractivity contribution in [3.05, 3.63) is 65.5 Å². The molecular formula is C21H21N3O3S. The largest absolute Gasteiger partial charge is 0.481 e. The lowest BCUT2D eigenvalue weighted by molar-refractivity contribution is -0.141. The number of fused-ring (bicyclic) bond motifs is 2. The van der Waals surface area contributed by atoms with Crippen molar-refractivity contribution in [1.82, 2.24) is 14.5 Å². The van der Waals surface area contributed by atoms with Gasteiger partial charge in [0.1, 0.15) is 12.4 Å². The van der Waals surface area contributed by atoms with Crippen molar-refractivity contribution in [1.29, 1.82) is 0 Å². The Hall–Kier alpha value is -2.80. The van der Waals surface area contributed by atoms with Crippen LogP contribution in [0.2, 0.25) is 0 Å². The molecule has 1 N–H and O–H groups in total. The number of amides is 1. The van der Waals surface area contributed by atoms with Crippen LogP contribution in [-0.2, 0) is 28.4 Å². The number of hydrogen-bond donors (Lipinski definition) is 1. The number of imidazole rings is 1. The summed E-state index contributed by atoms with van der Waals surface area (Å²) < 4.78 is 1.95. The molecule has 2 aromatic carbocycles. The molecule has 1 aliphatic rings. The molecule has 0 fully saturated rings. The molecule has 0 saturated heterocycles. The first-order valence-corrected chi connectivity index (χ1v) is 10.5. The summed E-state index contributed by atoms with van der Waals surface area (Å²) in [5.41, 5.74) is 3.49. The number of hydrogen-bond acceptors (Lipinski definition) is 4. The minimum absolute atomic E-state index is 0.0914. The first-order chi connectivity index (χ1) is 13.6. The maximum atomic E-state index is 13.1. The number of benzene rings is 2. The van der Waals surface area contributed by atoms with E-state index in [0.717, 1.165) is 28.0 Å². The van der Waals surface area contributed by atoms with Crippen LogP contribution in [0.1, 0.15) is 22.9 Å². The summed E-state index contributed by atoms with van der Waals surface area (Å²) in [4.78, 5) is 31.2. The van der Waals surface area contributed by atoms with E-state index in [1.54, 1.807) is 16.7 Å². The fourth-order valence-corrected chi connectivity index (χ4v) is 4.26. The van der Waals surface area contributed by atoms with Crippen molar-refractivity contribution in [2.24, 2.45) is 0 Å². The van der Waals surface area contributed by atoms with E-state index in [2.05, 4.69) is 4.98 Å². The Bertz CT molecular complexity index is 1050. The van der Waals surface area contributed by atoms with Crippen LogP contribution in [0.3, 0.4) is 0 Å². The highest BCUT2D eigenvalue weighted by molar-refractivity contribution is 7.97. The number of carbonyl (C=O) groups excluding carboxylic acids is 1. The van der Waals surface area contributed by atoms with E-state index in [4.69, 9.17) is 0 Å². The predicted octanol–water partition coefficient (Wildman–Crippen LogP) is 3.11. The molecule has 0 spiro atoms. The predicted molar refractivity (Wildman–Crippen MR) is 109 cm³/mol. The normalized spacial score (nSPS) is 16.2. The monoisotopic (exact) mass is 395 g/mol. The van der Waals surface area contributed by atoms with Crippen molar-refractivity contribution in [2.75, 3.05) is 12.8 Å². The van der Waals surface area contributed by atoms with Gasteiger partial charge in [-0.05, 0) is 29.5 Å². The molecule has 1 aliphatic heterocycles. The minimum Gasteiger partial charge on any atom is -0.481 e. The summed E-state index contributed by atoms with van der Waals surface area (Å²) in [5.74, 6) is -0.122. The Morgan fingerprint density at radius 3 is 2.71 bits per heavy atom. The van der Waals surface area contributed by atoms with Gasteiger partial charge in [-0.15, -0.1) is 0 Å². The molecule has 1 amide bonds. The zero-order chi connectivity index (χ0) is 19.7. The molecule has 4 rings (SSSR count). The molecule has 7 heteroatoms. The number of nitrogens with zero attached hydrogens (tertiary/aromatic N) is 3. The lowest BCUT2D eigenvalue weighted by Gasteiger charge is -2.33. The number of thioether (sulfide) groups is 1.